The lowest BCUT2D eigenvalue weighted by Crippen LogP contribution is -2.14. The SMILES string of the molecule is Cc1ncc(S(=O)(=O)Nc2cccc(F)c2F)[nH]1. The number of H-pyrrole nitrogens is 1. The van der Waals surface area contributed by atoms with Crippen molar-refractivity contribution >= 4 is 15.7 Å². The highest BCUT2D eigenvalue weighted by Gasteiger charge is 2.19. The number of hydrogen-bond donors (Lipinski definition) is 2. The average molecular weight is 273 g/mol. The molecule has 0 fully saturated rings. The fourth-order valence-electron chi connectivity index (χ4n) is 1.32. The van der Waals surface area contributed by atoms with Gasteiger partial charge in [-0.3, -0.25) is 4.72 Å². The lowest BCUT2D eigenvalue weighted by Gasteiger charge is -2.07. The number of nitrogens with zero attached hydrogens (tertiary/aromatic N) is 1. The van der Waals surface area contributed by atoms with Crippen LogP contribution in [0.15, 0.2) is 29.4 Å². The summed E-state index contributed by atoms with van der Waals surface area (Å²) in [5.74, 6) is -1.98. The van der Waals surface area contributed by atoms with Crippen LogP contribution in [0.2, 0.25) is 0 Å². The average Bonchev–Trinajstić information content (AvgIpc) is 2.72. The number of anilines is 1. The van der Waals surface area contributed by atoms with Crippen molar-refractivity contribution < 1.29 is 17.2 Å². The van der Waals surface area contributed by atoms with E-state index in [1.54, 1.807) is 6.92 Å². The van der Waals surface area contributed by atoms with Gasteiger partial charge in [0.05, 0.1) is 11.9 Å². The number of sulfonamides is 1. The maximum atomic E-state index is 13.3. The Balaban J connectivity index is 2.37. The van der Waals surface area contributed by atoms with Crippen LogP contribution in [0.5, 0.6) is 0 Å². The predicted octanol–water partition coefficient (Wildman–Crippen LogP) is 1.80. The number of nitrogens with one attached hydrogen (secondary N) is 2. The predicted molar refractivity (Wildman–Crippen MR) is 60.5 cm³/mol. The zero-order valence-corrected chi connectivity index (χ0v) is 10.1. The van der Waals surface area contributed by atoms with Crippen molar-refractivity contribution in [3.8, 4) is 0 Å². The molecule has 0 unspecified atom stereocenters. The monoisotopic (exact) mass is 273 g/mol. The van der Waals surface area contributed by atoms with Crippen molar-refractivity contribution in [3.05, 3.63) is 41.9 Å². The van der Waals surface area contributed by atoms with Gasteiger partial charge in [-0.05, 0) is 19.1 Å². The van der Waals surface area contributed by atoms with Gasteiger partial charge in [0.2, 0.25) is 0 Å². The number of aromatic nitrogens is 2. The summed E-state index contributed by atoms with van der Waals surface area (Å²) < 4.78 is 51.8. The molecule has 2 rings (SSSR count). The van der Waals surface area contributed by atoms with E-state index in [-0.39, 0.29) is 5.03 Å². The van der Waals surface area contributed by atoms with Gasteiger partial charge in [-0.25, -0.2) is 13.8 Å². The quantitative estimate of drug-likeness (QED) is 0.895. The van der Waals surface area contributed by atoms with Crippen LogP contribution in [0.25, 0.3) is 0 Å². The van der Waals surface area contributed by atoms with Crippen LogP contribution in [0, 0.1) is 18.6 Å². The number of imidazole rings is 1. The Morgan fingerprint density at radius 3 is 2.67 bits per heavy atom. The van der Waals surface area contributed by atoms with E-state index < -0.39 is 27.3 Å². The van der Waals surface area contributed by atoms with Crippen molar-refractivity contribution in [3.63, 3.8) is 0 Å². The minimum absolute atomic E-state index is 0.219. The molecule has 96 valence electrons. The number of rotatable bonds is 3. The first-order valence-electron chi connectivity index (χ1n) is 4.88. The Hall–Kier alpha value is -1.96. The minimum Gasteiger partial charge on any atom is -0.332 e. The number of hydrogen-bond acceptors (Lipinski definition) is 3. The Labute approximate surface area is 102 Å². The Morgan fingerprint density at radius 1 is 1.33 bits per heavy atom. The molecule has 5 nitrogen and oxygen atoms in total. The third kappa shape index (κ3) is 2.33. The van der Waals surface area contributed by atoms with E-state index in [2.05, 4.69) is 9.97 Å². The van der Waals surface area contributed by atoms with E-state index in [1.807, 2.05) is 4.72 Å². The van der Waals surface area contributed by atoms with Crippen molar-refractivity contribution in [2.75, 3.05) is 4.72 Å². The molecule has 2 N–H and O–H groups in total. The smallest absolute Gasteiger partial charge is 0.279 e. The first-order valence-corrected chi connectivity index (χ1v) is 6.37. The summed E-state index contributed by atoms with van der Waals surface area (Å²) >= 11 is 0. The molecular weight excluding hydrogens is 264 g/mol. The van der Waals surface area contributed by atoms with Crippen molar-refractivity contribution in [1.82, 2.24) is 9.97 Å². The molecule has 0 saturated carbocycles. The van der Waals surface area contributed by atoms with E-state index in [9.17, 15) is 17.2 Å². The highest BCUT2D eigenvalue weighted by atomic mass is 32.2. The molecule has 2 aromatic rings. The number of aryl methyl sites for hydroxylation is 1. The van der Waals surface area contributed by atoms with Gasteiger partial charge in [0.25, 0.3) is 10.0 Å². The Kier molecular flexibility index (Phi) is 3.04. The van der Waals surface area contributed by atoms with Gasteiger partial charge in [0.1, 0.15) is 5.82 Å². The summed E-state index contributed by atoms with van der Waals surface area (Å²) in [5, 5.41) is -0.219. The molecule has 0 aliphatic rings. The van der Waals surface area contributed by atoms with Crippen molar-refractivity contribution in [2.24, 2.45) is 0 Å². The van der Waals surface area contributed by atoms with Gasteiger partial charge >= 0.3 is 0 Å². The van der Waals surface area contributed by atoms with Crippen LogP contribution in [0.1, 0.15) is 5.82 Å². The van der Waals surface area contributed by atoms with Crippen LogP contribution in [-0.4, -0.2) is 18.4 Å². The van der Waals surface area contributed by atoms with Gasteiger partial charge in [0.15, 0.2) is 16.7 Å². The van der Waals surface area contributed by atoms with Crippen LogP contribution in [0.3, 0.4) is 0 Å². The van der Waals surface area contributed by atoms with E-state index >= 15 is 0 Å². The van der Waals surface area contributed by atoms with E-state index in [0.717, 1.165) is 18.3 Å². The topological polar surface area (TPSA) is 74.8 Å². The summed E-state index contributed by atoms with van der Waals surface area (Å²) in [7, 11) is -4.01. The molecular formula is C10H9F2N3O2S. The molecule has 0 spiro atoms. The van der Waals surface area contributed by atoms with Gasteiger partial charge < -0.3 is 4.98 Å². The summed E-state index contributed by atoms with van der Waals surface area (Å²) in [6.45, 7) is 1.57. The van der Waals surface area contributed by atoms with E-state index in [0.29, 0.717) is 5.82 Å². The standard InChI is InChI=1S/C10H9F2N3O2S/c1-6-13-5-9(14-6)18(16,17)15-8-4-2-3-7(11)10(8)12/h2-5,15H,1H3,(H,13,14). The summed E-state index contributed by atoms with van der Waals surface area (Å²) in [6.07, 6.45) is 1.09. The van der Waals surface area contributed by atoms with Crippen LogP contribution in [-0.2, 0) is 10.0 Å². The highest BCUT2D eigenvalue weighted by Crippen LogP contribution is 2.20. The fraction of sp³-hybridized carbons (Fsp3) is 0.100. The maximum Gasteiger partial charge on any atom is 0.279 e. The zero-order chi connectivity index (χ0) is 13.3. The second-order valence-corrected chi connectivity index (χ2v) is 5.19. The van der Waals surface area contributed by atoms with Gasteiger partial charge in [-0.2, -0.15) is 8.42 Å². The maximum absolute atomic E-state index is 13.3. The zero-order valence-electron chi connectivity index (χ0n) is 9.24. The molecule has 0 radical (unpaired) electrons. The lowest BCUT2D eigenvalue weighted by atomic mass is 10.3. The molecule has 0 saturated heterocycles. The molecule has 0 aliphatic heterocycles. The summed E-state index contributed by atoms with van der Waals surface area (Å²) in [5.41, 5.74) is -0.456. The van der Waals surface area contributed by atoms with Gasteiger partial charge in [-0.1, -0.05) is 6.07 Å². The molecule has 0 amide bonds. The molecule has 0 bridgehead atoms. The normalized spacial score (nSPS) is 11.5. The number of halogens is 2. The molecule has 18 heavy (non-hydrogen) atoms. The van der Waals surface area contributed by atoms with E-state index in [4.69, 9.17) is 0 Å². The second-order valence-electron chi connectivity index (χ2n) is 3.54. The van der Waals surface area contributed by atoms with Crippen molar-refractivity contribution in [1.29, 1.82) is 0 Å². The van der Waals surface area contributed by atoms with Crippen LogP contribution < -0.4 is 4.72 Å². The number of benzene rings is 1. The van der Waals surface area contributed by atoms with E-state index in [1.165, 1.54) is 6.07 Å². The van der Waals surface area contributed by atoms with Crippen LogP contribution >= 0.6 is 0 Å². The summed E-state index contributed by atoms with van der Waals surface area (Å²) in [6, 6.07) is 3.22. The van der Waals surface area contributed by atoms with Gasteiger partial charge in [-0.15, -0.1) is 0 Å². The Morgan fingerprint density at radius 2 is 2.06 bits per heavy atom. The largest absolute Gasteiger partial charge is 0.332 e. The first kappa shape index (κ1) is 12.5. The van der Waals surface area contributed by atoms with Crippen molar-refractivity contribution in [2.45, 2.75) is 11.9 Å². The second kappa shape index (κ2) is 4.37. The molecule has 1 aromatic carbocycles. The Bertz CT molecular complexity index is 682. The summed E-state index contributed by atoms with van der Waals surface area (Å²) in [4.78, 5) is 6.21. The third-order valence-corrected chi connectivity index (χ3v) is 3.44. The first-order chi connectivity index (χ1) is 8.40. The molecule has 0 aliphatic carbocycles. The molecule has 8 heteroatoms. The molecule has 1 heterocycles. The fourth-order valence-corrected chi connectivity index (χ4v) is 2.35. The minimum atomic E-state index is -4.01. The number of aromatic amines is 1. The third-order valence-electron chi connectivity index (χ3n) is 2.16. The molecule has 0 atom stereocenters. The lowest BCUT2D eigenvalue weighted by molar-refractivity contribution is 0.511. The van der Waals surface area contributed by atoms with Crippen LogP contribution in [0.4, 0.5) is 14.5 Å². The molecule has 1 aromatic heterocycles. The highest BCUT2D eigenvalue weighted by molar-refractivity contribution is 7.92. The van der Waals surface area contributed by atoms with Gasteiger partial charge in [0, 0.05) is 0 Å².